The second kappa shape index (κ2) is 9.70. The molecule has 0 aliphatic heterocycles. The van der Waals surface area contributed by atoms with Crippen molar-refractivity contribution in [3.8, 4) is 0 Å². The van der Waals surface area contributed by atoms with Gasteiger partial charge in [-0.25, -0.2) is 18.4 Å². The van der Waals surface area contributed by atoms with Crippen LogP contribution in [-0.4, -0.2) is 43.5 Å². The van der Waals surface area contributed by atoms with E-state index in [4.69, 9.17) is 0 Å². The maximum absolute atomic E-state index is 12.9. The lowest BCUT2D eigenvalue weighted by Gasteiger charge is -2.14. The van der Waals surface area contributed by atoms with Gasteiger partial charge in [-0.3, -0.25) is 9.59 Å². The number of hydrogen-bond acceptors (Lipinski definition) is 7. The summed E-state index contributed by atoms with van der Waals surface area (Å²) in [6.07, 6.45) is -2.59. The topological polar surface area (TPSA) is 130 Å². The normalized spacial score (nSPS) is 11.6. The van der Waals surface area contributed by atoms with Crippen LogP contribution in [0.15, 0.2) is 53.8 Å². The number of nitrogens with zero attached hydrogens (tertiary/aromatic N) is 2. The van der Waals surface area contributed by atoms with Crippen LogP contribution in [0.5, 0.6) is 0 Å². The first-order chi connectivity index (χ1) is 16.3. The van der Waals surface area contributed by atoms with Crippen LogP contribution in [0.3, 0.4) is 0 Å². The molecule has 35 heavy (non-hydrogen) atoms. The van der Waals surface area contributed by atoms with Crippen molar-refractivity contribution in [2.75, 3.05) is 29.3 Å². The molecule has 0 radical (unpaired) electrons. The second-order valence-corrected chi connectivity index (χ2v) is 9.36. The average Bonchev–Trinajstić information content (AvgIpc) is 2.79. The van der Waals surface area contributed by atoms with E-state index < -0.39 is 38.5 Å². The van der Waals surface area contributed by atoms with E-state index in [1.807, 2.05) is 0 Å². The Morgan fingerprint density at radius 2 is 1.71 bits per heavy atom. The number of alkyl halides is 3. The molecular formula is C22H20F3N5O4S. The summed E-state index contributed by atoms with van der Waals surface area (Å²) in [5, 5.41) is 7.33. The number of aromatic nitrogens is 2. The number of benzene rings is 2. The molecule has 9 nitrogen and oxygen atoms in total. The minimum atomic E-state index is -4.59. The quantitative estimate of drug-likeness (QED) is 0.433. The molecular weight excluding hydrogens is 487 g/mol. The second-order valence-electron chi connectivity index (χ2n) is 7.45. The van der Waals surface area contributed by atoms with Crippen LogP contribution in [0.1, 0.15) is 31.8 Å². The minimum absolute atomic E-state index is 0.00965. The third-order valence-corrected chi connectivity index (χ3v) is 5.64. The Morgan fingerprint density at radius 1 is 1.00 bits per heavy atom. The van der Waals surface area contributed by atoms with Crippen LogP contribution >= 0.6 is 0 Å². The minimum Gasteiger partial charge on any atom is -0.372 e. The van der Waals surface area contributed by atoms with Gasteiger partial charge in [0.2, 0.25) is 15.0 Å². The molecule has 1 aromatic heterocycles. The number of halogens is 3. The van der Waals surface area contributed by atoms with Gasteiger partial charge in [0.25, 0.3) is 11.8 Å². The maximum Gasteiger partial charge on any atom is 0.416 e. The Kier molecular flexibility index (Phi) is 7.10. The SMILES string of the molecule is CNc1nc(S(C)(=O)=O)ncc1C(=O)Nc1cc(NC(=O)c2cccc(C(F)(F)F)c2)ccc1C. The smallest absolute Gasteiger partial charge is 0.372 e. The number of amides is 2. The van der Waals surface area contributed by atoms with Crippen molar-refractivity contribution >= 4 is 38.8 Å². The summed E-state index contributed by atoms with van der Waals surface area (Å²) in [5.41, 5.74) is -0.0241. The van der Waals surface area contributed by atoms with Crippen LogP contribution in [-0.2, 0) is 16.0 Å². The number of nitrogens with one attached hydrogen (secondary N) is 3. The molecule has 0 aliphatic carbocycles. The molecule has 1 heterocycles. The van der Waals surface area contributed by atoms with Gasteiger partial charge in [-0.15, -0.1) is 0 Å². The zero-order valence-corrected chi connectivity index (χ0v) is 19.5. The first-order valence-electron chi connectivity index (χ1n) is 9.95. The third-order valence-electron chi connectivity index (χ3n) is 4.78. The molecule has 0 bridgehead atoms. The summed E-state index contributed by atoms with van der Waals surface area (Å²) < 4.78 is 62.1. The highest BCUT2D eigenvalue weighted by molar-refractivity contribution is 7.90. The van der Waals surface area contributed by atoms with E-state index in [0.29, 0.717) is 11.3 Å². The van der Waals surface area contributed by atoms with Crippen molar-refractivity contribution in [3.05, 3.63) is 70.9 Å². The van der Waals surface area contributed by atoms with Gasteiger partial charge >= 0.3 is 6.18 Å². The molecule has 0 fully saturated rings. The first-order valence-corrected chi connectivity index (χ1v) is 11.8. The Morgan fingerprint density at radius 3 is 2.34 bits per heavy atom. The van der Waals surface area contributed by atoms with Gasteiger partial charge in [0.05, 0.1) is 5.56 Å². The van der Waals surface area contributed by atoms with Crippen molar-refractivity contribution in [2.24, 2.45) is 0 Å². The molecule has 0 atom stereocenters. The molecule has 3 rings (SSSR count). The van der Waals surface area contributed by atoms with Crippen LogP contribution in [0, 0.1) is 6.92 Å². The number of anilines is 3. The van der Waals surface area contributed by atoms with E-state index >= 15 is 0 Å². The lowest BCUT2D eigenvalue weighted by atomic mass is 10.1. The highest BCUT2D eigenvalue weighted by Gasteiger charge is 2.31. The predicted molar refractivity (Wildman–Crippen MR) is 123 cm³/mol. The lowest BCUT2D eigenvalue weighted by Crippen LogP contribution is -2.18. The Bertz CT molecular complexity index is 1410. The van der Waals surface area contributed by atoms with E-state index in [0.717, 1.165) is 30.7 Å². The van der Waals surface area contributed by atoms with Gasteiger partial charge in [0.15, 0.2) is 0 Å². The lowest BCUT2D eigenvalue weighted by molar-refractivity contribution is -0.137. The number of carbonyl (C=O) groups excluding carboxylic acids is 2. The van der Waals surface area contributed by atoms with E-state index in [-0.39, 0.29) is 22.6 Å². The van der Waals surface area contributed by atoms with Crippen molar-refractivity contribution < 1.29 is 31.2 Å². The van der Waals surface area contributed by atoms with E-state index in [1.165, 1.54) is 25.2 Å². The van der Waals surface area contributed by atoms with Gasteiger partial charge in [0, 0.05) is 36.4 Å². The fraction of sp³-hybridized carbons (Fsp3) is 0.182. The summed E-state index contributed by atoms with van der Waals surface area (Å²) in [4.78, 5) is 32.9. The summed E-state index contributed by atoms with van der Waals surface area (Å²) in [5.74, 6) is -1.43. The Labute approximate surface area is 198 Å². The molecule has 2 aromatic carbocycles. The Hall–Kier alpha value is -4.00. The molecule has 2 amide bonds. The monoisotopic (exact) mass is 507 g/mol. The zero-order chi connectivity index (χ0) is 26.0. The zero-order valence-electron chi connectivity index (χ0n) is 18.7. The van der Waals surface area contributed by atoms with Crippen molar-refractivity contribution in [1.29, 1.82) is 0 Å². The molecule has 0 aliphatic rings. The standard InChI is InChI=1S/C22H20F3N5O4S/c1-12-7-8-15(28-19(31)13-5-4-6-14(9-13)22(23,24)25)10-17(12)29-20(32)16-11-27-21(35(3,33)34)30-18(16)26-2/h4-11H,1-3H3,(H,28,31)(H,29,32)(H,26,27,30). The summed E-state index contributed by atoms with van der Waals surface area (Å²) in [6.45, 7) is 1.69. The molecule has 0 spiro atoms. The van der Waals surface area contributed by atoms with Gasteiger partial charge in [-0.1, -0.05) is 12.1 Å². The van der Waals surface area contributed by atoms with E-state index in [1.54, 1.807) is 13.0 Å². The number of carbonyl (C=O) groups is 2. The van der Waals surface area contributed by atoms with Gasteiger partial charge in [-0.05, 0) is 42.8 Å². The number of aryl methyl sites for hydroxylation is 1. The molecule has 0 saturated heterocycles. The molecule has 13 heteroatoms. The average molecular weight is 507 g/mol. The fourth-order valence-electron chi connectivity index (χ4n) is 2.97. The van der Waals surface area contributed by atoms with Crippen molar-refractivity contribution in [1.82, 2.24) is 9.97 Å². The first kappa shape index (κ1) is 25.6. The molecule has 0 saturated carbocycles. The number of rotatable bonds is 6. The van der Waals surface area contributed by atoms with Gasteiger partial charge < -0.3 is 16.0 Å². The summed E-state index contributed by atoms with van der Waals surface area (Å²) >= 11 is 0. The summed E-state index contributed by atoms with van der Waals surface area (Å²) in [7, 11) is -2.23. The van der Waals surface area contributed by atoms with Crippen molar-refractivity contribution in [2.45, 2.75) is 18.3 Å². The van der Waals surface area contributed by atoms with Crippen molar-refractivity contribution in [3.63, 3.8) is 0 Å². The van der Waals surface area contributed by atoms with Crippen LogP contribution in [0.4, 0.5) is 30.4 Å². The highest BCUT2D eigenvalue weighted by Crippen LogP contribution is 2.30. The van der Waals surface area contributed by atoms with E-state index in [2.05, 4.69) is 25.9 Å². The van der Waals surface area contributed by atoms with Gasteiger partial charge in [-0.2, -0.15) is 13.2 Å². The summed E-state index contributed by atoms with van der Waals surface area (Å²) in [6, 6.07) is 8.55. The molecule has 0 unspecified atom stereocenters. The van der Waals surface area contributed by atoms with Crippen LogP contribution in [0.2, 0.25) is 0 Å². The van der Waals surface area contributed by atoms with Gasteiger partial charge in [0.1, 0.15) is 11.4 Å². The number of hydrogen-bond donors (Lipinski definition) is 3. The molecule has 184 valence electrons. The number of sulfone groups is 1. The maximum atomic E-state index is 12.9. The van der Waals surface area contributed by atoms with E-state index in [9.17, 15) is 31.2 Å². The fourth-order valence-corrected chi connectivity index (χ4v) is 3.47. The molecule has 3 N–H and O–H groups in total. The Balaban J connectivity index is 1.83. The predicted octanol–water partition coefficient (Wildman–Crippen LogP) is 3.75. The largest absolute Gasteiger partial charge is 0.416 e. The molecule has 3 aromatic rings. The highest BCUT2D eigenvalue weighted by atomic mass is 32.2. The third kappa shape index (κ3) is 6.12. The van der Waals surface area contributed by atoms with Crippen LogP contribution in [0.25, 0.3) is 0 Å². The van der Waals surface area contributed by atoms with Crippen LogP contribution < -0.4 is 16.0 Å².